The van der Waals surface area contributed by atoms with Crippen molar-refractivity contribution in [3.05, 3.63) is 41.6 Å². The standard InChI is InChI=1S/C23H29N5O3/c24-19(30)12-28-10-8-23(9-11-28)7-6-16-20(23)26-21(15-4-2-1-3-5-15)27-22(16)25-17-13-31-14-18(17)29/h1-5,17-18,29H,6-14H2,(H2,24,30)(H,25,26,27)/t17-,18+/m0/s1. The lowest BCUT2D eigenvalue weighted by atomic mass is 9.76. The molecule has 0 saturated carbocycles. The van der Waals surface area contributed by atoms with E-state index in [2.05, 4.69) is 10.2 Å². The van der Waals surface area contributed by atoms with Gasteiger partial charge in [0.1, 0.15) is 5.82 Å². The number of carbonyl (C=O) groups excluding carboxylic acids is 1. The summed E-state index contributed by atoms with van der Waals surface area (Å²) < 4.78 is 5.43. The number of primary amides is 1. The molecule has 0 bridgehead atoms. The van der Waals surface area contributed by atoms with Crippen LogP contribution in [0, 0.1) is 0 Å². The van der Waals surface area contributed by atoms with Crippen LogP contribution in [0.25, 0.3) is 11.4 Å². The number of amides is 1. The third-order valence-corrected chi connectivity index (χ3v) is 6.96. The second-order valence-electron chi connectivity index (χ2n) is 8.97. The first-order valence-corrected chi connectivity index (χ1v) is 11.0. The number of aliphatic hydroxyl groups excluding tert-OH is 1. The number of likely N-dealkylation sites (tertiary alicyclic amines) is 1. The highest BCUT2D eigenvalue weighted by atomic mass is 16.5. The Balaban J connectivity index is 1.50. The van der Waals surface area contributed by atoms with Crippen LogP contribution in [0.5, 0.6) is 0 Å². The second kappa shape index (κ2) is 8.18. The SMILES string of the molecule is NC(=O)CN1CCC2(CCc3c(N[C@H]4COC[C@H]4O)nc(-c4ccccc4)nc32)CC1. The predicted molar refractivity (Wildman–Crippen MR) is 117 cm³/mol. The first-order valence-electron chi connectivity index (χ1n) is 11.0. The third-order valence-electron chi connectivity index (χ3n) is 6.96. The number of carbonyl (C=O) groups is 1. The van der Waals surface area contributed by atoms with Crippen LogP contribution < -0.4 is 11.1 Å². The van der Waals surface area contributed by atoms with E-state index in [0.717, 1.165) is 61.4 Å². The molecule has 2 aliphatic heterocycles. The summed E-state index contributed by atoms with van der Waals surface area (Å²) in [5, 5.41) is 13.7. The molecule has 0 unspecified atom stereocenters. The van der Waals surface area contributed by atoms with Gasteiger partial charge < -0.3 is 20.9 Å². The fourth-order valence-electron chi connectivity index (χ4n) is 5.18. The Bertz CT molecular complexity index is 959. The summed E-state index contributed by atoms with van der Waals surface area (Å²) >= 11 is 0. The number of nitrogens with zero attached hydrogens (tertiary/aromatic N) is 3. The molecule has 2 aromatic rings. The molecule has 8 nitrogen and oxygen atoms in total. The minimum atomic E-state index is -0.543. The van der Waals surface area contributed by atoms with E-state index in [1.807, 2.05) is 30.3 Å². The van der Waals surface area contributed by atoms with Crippen molar-refractivity contribution >= 4 is 11.7 Å². The van der Waals surface area contributed by atoms with Gasteiger partial charge in [-0.25, -0.2) is 9.97 Å². The lowest BCUT2D eigenvalue weighted by Gasteiger charge is -2.39. The molecule has 2 atom stereocenters. The first kappa shape index (κ1) is 20.4. The van der Waals surface area contributed by atoms with Crippen molar-refractivity contribution in [1.29, 1.82) is 0 Å². The molecular formula is C23H29N5O3. The largest absolute Gasteiger partial charge is 0.388 e. The Kier molecular flexibility index (Phi) is 5.37. The Morgan fingerprint density at radius 2 is 1.97 bits per heavy atom. The summed E-state index contributed by atoms with van der Waals surface area (Å²) in [5.41, 5.74) is 8.65. The van der Waals surface area contributed by atoms with Gasteiger partial charge in [-0.3, -0.25) is 9.69 Å². The molecule has 164 valence electrons. The second-order valence-corrected chi connectivity index (χ2v) is 8.97. The van der Waals surface area contributed by atoms with Gasteiger partial charge in [-0.15, -0.1) is 0 Å². The normalized spacial score (nSPS) is 24.9. The minimum Gasteiger partial charge on any atom is -0.388 e. The van der Waals surface area contributed by atoms with Crippen LogP contribution in [0.1, 0.15) is 30.5 Å². The van der Waals surface area contributed by atoms with E-state index in [-0.39, 0.29) is 17.4 Å². The molecule has 1 spiro atoms. The van der Waals surface area contributed by atoms with E-state index in [1.165, 1.54) is 0 Å². The molecule has 31 heavy (non-hydrogen) atoms. The molecule has 3 heterocycles. The molecule has 0 radical (unpaired) electrons. The number of nitrogens with two attached hydrogens (primary N) is 1. The quantitative estimate of drug-likeness (QED) is 0.659. The zero-order valence-electron chi connectivity index (χ0n) is 17.6. The maximum absolute atomic E-state index is 11.3. The van der Waals surface area contributed by atoms with Crippen LogP contribution in [0.2, 0.25) is 0 Å². The number of fused-ring (bicyclic) bond motifs is 2. The number of anilines is 1. The number of nitrogens with one attached hydrogen (secondary N) is 1. The van der Waals surface area contributed by atoms with E-state index in [4.69, 9.17) is 20.4 Å². The van der Waals surface area contributed by atoms with E-state index in [0.29, 0.717) is 25.6 Å². The van der Waals surface area contributed by atoms with Crippen LogP contribution in [-0.4, -0.2) is 70.9 Å². The molecule has 1 aromatic heterocycles. The number of hydrogen-bond donors (Lipinski definition) is 3. The number of hydrogen-bond acceptors (Lipinski definition) is 7. The van der Waals surface area contributed by atoms with E-state index < -0.39 is 6.10 Å². The number of piperidine rings is 1. The molecular weight excluding hydrogens is 394 g/mol. The Morgan fingerprint density at radius 1 is 1.19 bits per heavy atom. The lowest BCUT2D eigenvalue weighted by Crippen LogP contribution is -2.45. The number of ether oxygens (including phenoxy) is 1. The maximum Gasteiger partial charge on any atom is 0.231 e. The third kappa shape index (κ3) is 3.91. The van der Waals surface area contributed by atoms with Gasteiger partial charge in [-0.2, -0.15) is 0 Å². The van der Waals surface area contributed by atoms with Gasteiger partial charge in [-0.05, 0) is 38.8 Å². The van der Waals surface area contributed by atoms with Crippen LogP contribution in [0.4, 0.5) is 5.82 Å². The fraction of sp³-hybridized carbons (Fsp3) is 0.522. The Morgan fingerprint density at radius 3 is 2.65 bits per heavy atom. The van der Waals surface area contributed by atoms with E-state index >= 15 is 0 Å². The number of aromatic nitrogens is 2. The molecule has 1 amide bonds. The van der Waals surface area contributed by atoms with Gasteiger partial charge in [0.2, 0.25) is 5.91 Å². The van der Waals surface area contributed by atoms with Crippen molar-refractivity contribution in [1.82, 2.24) is 14.9 Å². The van der Waals surface area contributed by atoms with Gasteiger partial charge in [0.25, 0.3) is 0 Å². The van der Waals surface area contributed by atoms with Gasteiger partial charge >= 0.3 is 0 Å². The fourth-order valence-corrected chi connectivity index (χ4v) is 5.18. The van der Waals surface area contributed by atoms with Crippen molar-refractivity contribution in [2.24, 2.45) is 5.73 Å². The van der Waals surface area contributed by atoms with Crippen LogP contribution >= 0.6 is 0 Å². The molecule has 4 N–H and O–H groups in total. The van der Waals surface area contributed by atoms with Gasteiger partial charge in [0.05, 0.1) is 37.6 Å². The van der Waals surface area contributed by atoms with E-state index in [9.17, 15) is 9.90 Å². The highest BCUT2D eigenvalue weighted by Gasteiger charge is 2.44. The summed E-state index contributed by atoms with van der Waals surface area (Å²) in [4.78, 5) is 23.4. The molecule has 1 aromatic carbocycles. The van der Waals surface area contributed by atoms with Gasteiger partial charge in [0.15, 0.2) is 5.82 Å². The van der Waals surface area contributed by atoms with Crippen molar-refractivity contribution in [2.45, 2.75) is 43.2 Å². The lowest BCUT2D eigenvalue weighted by molar-refractivity contribution is -0.119. The topological polar surface area (TPSA) is 114 Å². The minimum absolute atomic E-state index is 0.00281. The maximum atomic E-state index is 11.3. The zero-order valence-corrected chi connectivity index (χ0v) is 17.6. The number of aliphatic hydroxyl groups is 1. The summed E-state index contributed by atoms with van der Waals surface area (Å²) in [5.74, 6) is 1.24. The number of benzene rings is 1. The number of rotatable bonds is 5. The van der Waals surface area contributed by atoms with Crippen LogP contribution in [0.3, 0.4) is 0 Å². The van der Waals surface area contributed by atoms with Gasteiger partial charge in [-0.1, -0.05) is 30.3 Å². The van der Waals surface area contributed by atoms with Crippen LogP contribution in [0.15, 0.2) is 30.3 Å². The molecule has 2 fully saturated rings. The summed E-state index contributed by atoms with van der Waals surface area (Å²) in [6.45, 7) is 2.80. The van der Waals surface area contributed by atoms with E-state index in [1.54, 1.807) is 0 Å². The molecule has 8 heteroatoms. The van der Waals surface area contributed by atoms with Crippen molar-refractivity contribution < 1.29 is 14.6 Å². The summed E-state index contributed by atoms with van der Waals surface area (Å²) in [6.07, 6.45) is 3.29. The summed E-state index contributed by atoms with van der Waals surface area (Å²) in [6, 6.07) is 9.85. The van der Waals surface area contributed by atoms with Gasteiger partial charge in [0, 0.05) is 16.5 Å². The highest BCUT2D eigenvalue weighted by molar-refractivity contribution is 5.76. The Labute approximate surface area is 181 Å². The average Bonchev–Trinajstić information content (AvgIpc) is 3.34. The van der Waals surface area contributed by atoms with Crippen molar-refractivity contribution in [2.75, 3.05) is 38.2 Å². The average molecular weight is 424 g/mol. The molecule has 5 rings (SSSR count). The first-order chi connectivity index (χ1) is 15.0. The van der Waals surface area contributed by atoms with Crippen molar-refractivity contribution in [3.63, 3.8) is 0 Å². The van der Waals surface area contributed by atoms with Crippen LogP contribution in [-0.2, 0) is 21.4 Å². The van der Waals surface area contributed by atoms with Crippen molar-refractivity contribution in [3.8, 4) is 11.4 Å². The molecule has 1 aliphatic carbocycles. The monoisotopic (exact) mass is 423 g/mol. The summed E-state index contributed by atoms with van der Waals surface area (Å²) in [7, 11) is 0. The Hall–Kier alpha value is -2.55. The molecule has 3 aliphatic rings. The predicted octanol–water partition coefficient (Wildman–Crippen LogP) is 1.08. The smallest absolute Gasteiger partial charge is 0.231 e. The zero-order chi connectivity index (χ0) is 21.4. The highest BCUT2D eigenvalue weighted by Crippen LogP contribution is 2.47. The molecule has 2 saturated heterocycles.